The smallest absolute Gasteiger partial charge is 0.0766 e. The second-order valence-corrected chi connectivity index (χ2v) is 4.27. The van der Waals surface area contributed by atoms with Gasteiger partial charge in [-0.05, 0) is 43.7 Å². The first kappa shape index (κ1) is 11.9. The number of hydrogen-bond donors (Lipinski definition) is 1. The number of aromatic nitrogens is 2. The Morgan fingerprint density at radius 2 is 2.18 bits per heavy atom. The molecule has 1 N–H and O–H groups in total. The molecular formula is C14H19N3. The van der Waals surface area contributed by atoms with Crippen molar-refractivity contribution in [2.45, 2.75) is 26.8 Å². The van der Waals surface area contributed by atoms with Crippen LogP contribution in [0.2, 0.25) is 0 Å². The highest BCUT2D eigenvalue weighted by Gasteiger charge is 2.00. The molecule has 0 unspecified atom stereocenters. The first-order valence-electron chi connectivity index (χ1n) is 6.12. The van der Waals surface area contributed by atoms with Gasteiger partial charge in [0.1, 0.15) is 0 Å². The van der Waals surface area contributed by atoms with Gasteiger partial charge in [-0.2, -0.15) is 5.10 Å². The Kier molecular flexibility index (Phi) is 3.94. The van der Waals surface area contributed by atoms with Gasteiger partial charge in [0.25, 0.3) is 0 Å². The lowest BCUT2D eigenvalue weighted by atomic mass is 10.2. The molecule has 1 heterocycles. The Hall–Kier alpha value is -1.61. The second-order valence-electron chi connectivity index (χ2n) is 4.27. The molecule has 0 aliphatic heterocycles. The van der Waals surface area contributed by atoms with Crippen LogP contribution in [-0.4, -0.2) is 16.3 Å². The second kappa shape index (κ2) is 5.64. The molecule has 1 aromatic heterocycles. The van der Waals surface area contributed by atoms with Crippen molar-refractivity contribution in [1.29, 1.82) is 0 Å². The Balaban J connectivity index is 2.07. The summed E-state index contributed by atoms with van der Waals surface area (Å²) in [6.45, 7) is 6.14. The normalized spacial score (nSPS) is 10.7. The van der Waals surface area contributed by atoms with Crippen molar-refractivity contribution in [3.63, 3.8) is 0 Å². The van der Waals surface area contributed by atoms with Crippen molar-refractivity contribution in [2.24, 2.45) is 0 Å². The van der Waals surface area contributed by atoms with Gasteiger partial charge in [-0.1, -0.05) is 19.1 Å². The largest absolute Gasteiger partial charge is 0.311 e. The standard InChI is InChI=1S/C14H19N3/c1-3-8-15-11-13-7-9-17(16-13)14-6-4-5-12(2)10-14/h4-7,9-10,15H,3,8,11H2,1-2H3. The van der Waals surface area contributed by atoms with Gasteiger partial charge in [0, 0.05) is 12.7 Å². The highest BCUT2D eigenvalue weighted by molar-refractivity contribution is 5.34. The molecule has 1 aromatic carbocycles. The minimum absolute atomic E-state index is 0.840. The van der Waals surface area contributed by atoms with E-state index in [1.807, 2.05) is 10.9 Å². The molecule has 0 amide bonds. The van der Waals surface area contributed by atoms with E-state index in [0.717, 1.165) is 30.9 Å². The van der Waals surface area contributed by atoms with Crippen molar-refractivity contribution in [3.8, 4) is 5.69 Å². The molecule has 90 valence electrons. The monoisotopic (exact) mass is 229 g/mol. The number of rotatable bonds is 5. The molecule has 0 bridgehead atoms. The zero-order valence-electron chi connectivity index (χ0n) is 10.5. The molecule has 0 aliphatic carbocycles. The third kappa shape index (κ3) is 3.17. The first-order chi connectivity index (χ1) is 8.29. The molecule has 0 atom stereocenters. The fraction of sp³-hybridized carbons (Fsp3) is 0.357. The maximum absolute atomic E-state index is 4.55. The summed E-state index contributed by atoms with van der Waals surface area (Å²) in [5, 5.41) is 7.90. The van der Waals surface area contributed by atoms with Crippen LogP contribution in [-0.2, 0) is 6.54 Å². The lowest BCUT2D eigenvalue weighted by Crippen LogP contribution is -2.14. The zero-order valence-corrected chi connectivity index (χ0v) is 10.5. The van der Waals surface area contributed by atoms with Gasteiger partial charge in [-0.25, -0.2) is 4.68 Å². The fourth-order valence-corrected chi connectivity index (χ4v) is 1.76. The molecule has 3 nitrogen and oxygen atoms in total. The van der Waals surface area contributed by atoms with Gasteiger partial charge in [0.2, 0.25) is 0 Å². The van der Waals surface area contributed by atoms with Crippen LogP contribution in [0.25, 0.3) is 5.69 Å². The number of nitrogens with zero attached hydrogens (tertiary/aromatic N) is 2. The third-order valence-corrected chi connectivity index (χ3v) is 2.64. The van der Waals surface area contributed by atoms with Crippen molar-refractivity contribution >= 4 is 0 Å². The van der Waals surface area contributed by atoms with E-state index >= 15 is 0 Å². The summed E-state index contributed by atoms with van der Waals surface area (Å²) in [5.41, 5.74) is 3.45. The van der Waals surface area contributed by atoms with Crippen LogP contribution in [0.15, 0.2) is 36.5 Å². The van der Waals surface area contributed by atoms with Crippen LogP contribution in [0.3, 0.4) is 0 Å². The van der Waals surface area contributed by atoms with Crippen LogP contribution >= 0.6 is 0 Å². The van der Waals surface area contributed by atoms with Crippen LogP contribution in [0.4, 0.5) is 0 Å². The van der Waals surface area contributed by atoms with E-state index in [9.17, 15) is 0 Å². The Bertz CT molecular complexity index is 474. The van der Waals surface area contributed by atoms with Gasteiger partial charge >= 0.3 is 0 Å². The summed E-state index contributed by atoms with van der Waals surface area (Å²) in [4.78, 5) is 0. The maximum atomic E-state index is 4.55. The van der Waals surface area contributed by atoms with E-state index in [-0.39, 0.29) is 0 Å². The average Bonchev–Trinajstić information content (AvgIpc) is 2.78. The van der Waals surface area contributed by atoms with Gasteiger partial charge < -0.3 is 5.32 Å². The predicted molar refractivity (Wildman–Crippen MR) is 70.3 cm³/mol. The molecule has 2 rings (SSSR count). The van der Waals surface area contributed by atoms with Crippen molar-refractivity contribution in [3.05, 3.63) is 47.8 Å². The molecule has 2 aromatic rings. The maximum Gasteiger partial charge on any atom is 0.0766 e. The average molecular weight is 229 g/mol. The zero-order chi connectivity index (χ0) is 12.1. The molecule has 0 aliphatic rings. The van der Waals surface area contributed by atoms with Gasteiger partial charge in [-0.3, -0.25) is 0 Å². The summed E-state index contributed by atoms with van der Waals surface area (Å²) < 4.78 is 1.93. The summed E-state index contributed by atoms with van der Waals surface area (Å²) in [5.74, 6) is 0. The molecule has 0 radical (unpaired) electrons. The minimum Gasteiger partial charge on any atom is -0.311 e. The summed E-state index contributed by atoms with van der Waals surface area (Å²) >= 11 is 0. The van der Waals surface area contributed by atoms with Crippen molar-refractivity contribution < 1.29 is 0 Å². The number of nitrogens with one attached hydrogen (secondary N) is 1. The Labute approximate surface area is 102 Å². The lowest BCUT2D eigenvalue weighted by molar-refractivity contribution is 0.656. The number of benzene rings is 1. The minimum atomic E-state index is 0.840. The number of hydrogen-bond acceptors (Lipinski definition) is 2. The molecule has 0 saturated heterocycles. The SMILES string of the molecule is CCCNCc1ccn(-c2cccc(C)c2)n1. The van der Waals surface area contributed by atoms with Crippen LogP contribution in [0.5, 0.6) is 0 Å². The molecular weight excluding hydrogens is 210 g/mol. The van der Waals surface area contributed by atoms with Crippen LogP contribution in [0, 0.1) is 6.92 Å². The van der Waals surface area contributed by atoms with Crippen molar-refractivity contribution in [2.75, 3.05) is 6.54 Å². The molecule has 0 saturated carbocycles. The predicted octanol–water partition coefficient (Wildman–Crippen LogP) is 2.68. The molecule has 0 spiro atoms. The molecule has 3 heteroatoms. The van der Waals surface area contributed by atoms with Crippen molar-refractivity contribution in [1.82, 2.24) is 15.1 Å². The van der Waals surface area contributed by atoms with Gasteiger partial charge in [0.15, 0.2) is 0 Å². The third-order valence-electron chi connectivity index (χ3n) is 2.64. The van der Waals surface area contributed by atoms with E-state index in [1.165, 1.54) is 5.56 Å². The highest BCUT2D eigenvalue weighted by atomic mass is 15.3. The fourth-order valence-electron chi connectivity index (χ4n) is 1.76. The number of aryl methyl sites for hydroxylation is 1. The molecule has 17 heavy (non-hydrogen) atoms. The van der Waals surface area contributed by atoms with E-state index in [2.05, 4.69) is 54.6 Å². The highest BCUT2D eigenvalue weighted by Crippen LogP contribution is 2.09. The van der Waals surface area contributed by atoms with E-state index < -0.39 is 0 Å². The van der Waals surface area contributed by atoms with E-state index in [0.29, 0.717) is 0 Å². The quantitative estimate of drug-likeness (QED) is 0.799. The Morgan fingerprint density at radius 1 is 1.29 bits per heavy atom. The summed E-state index contributed by atoms with van der Waals surface area (Å²) in [6.07, 6.45) is 3.16. The van der Waals surface area contributed by atoms with Gasteiger partial charge in [0.05, 0.1) is 11.4 Å². The summed E-state index contributed by atoms with van der Waals surface area (Å²) in [7, 11) is 0. The lowest BCUT2D eigenvalue weighted by Gasteiger charge is -2.02. The molecule has 0 fully saturated rings. The van der Waals surface area contributed by atoms with Crippen LogP contribution < -0.4 is 5.32 Å². The van der Waals surface area contributed by atoms with Crippen LogP contribution in [0.1, 0.15) is 24.6 Å². The summed E-state index contributed by atoms with van der Waals surface area (Å²) in [6, 6.07) is 10.4. The topological polar surface area (TPSA) is 29.9 Å². The van der Waals surface area contributed by atoms with E-state index in [1.54, 1.807) is 0 Å². The van der Waals surface area contributed by atoms with Gasteiger partial charge in [-0.15, -0.1) is 0 Å². The van der Waals surface area contributed by atoms with E-state index in [4.69, 9.17) is 0 Å². The first-order valence-corrected chi connectivity index (χ1v) is 6.12. The Morgan fingerprint density at radius 3 is 2.94 bits per heavy atom.